The van der Waals surface area contributed by atoms with Crippen LogP contribution >= 0.6 is 0 Å². The molecule has 0 aromatic carbocycles. The molecule has 0 aromatic rings. The number of carbonyl (C=O) groups excluding carboxylic acids is 2. The lowest BCUT2D eigenvalue weighted by atomic mass is 9.56. The first kappa shape index (κ1) is 19.5. The summed E-state index contributed by atoms with van der Waals surface area (Å²) in [7, 11) is 0. The minimum absolute atomic E-state index is 0.0400. The minimum Gasteiger partial charge on any atom is -0.458 e. The lowest BCUT2D eigenvalue weighted by Gasteiger charge is -2.49. The Morgan fingerprint density at radius 3 is 2.54 bits per heavy atom. The summed E-state index contributed by atoms with van der Waals surface area (Å²) in [6, 6.07) is 0. The van der Waals surface area contributed by atoms with Gasteiger partial charge in [-0.1, -0.05) is 31.6 Å². The summed E-state index contributed by atoms with van der Waals surface area (Å²) in [5.74, 6) is 3.12. The number of hydrogen-bond donors (Lipinski definition) is 0. The number of rotatable bonds is 2. The molecule has 4 rings (SSSR count). The van der Waals surface area contributed by atoms with Gasteiger partial charge in [0.15, 0.2) is 0 Å². The molecule has 7 atom stereocenters. The van der Waals surface area contributed by atoms with Gasteiger partial charge in [0.05, 0.1) is 0 Å². The van der Waals surface area contributed by atoms with Gasteiger partial charge in [0.1, 0.15) is 11.9 Å². The SMILES string of the molecule is CC(=O)OC1=CCC2C3CC=C4CC(OC(C)=O)C=C[C@]4(C)C3CC[C@@H](C)C12. The van der Waals surface area contributed by atoms with Crippen LogP contribution in [0.25, 0.3) is 0 Å². The van der Waals surface area contributed by atoms with E-state index < -0.39 is 0 Å². The number of hydrogen-bond acceptors (Lipinski definition) is 4. The molecule has 1 saturated carbocycles. The second-order valence-corrected chi connectivity index (χ2v) is 9.41. The summed E-state index contributed by atoms with van der Waals surface area (Å²) in [5.41, 5.74) is 1.47. The molecule has 0 bridgehead atoms. The van der Waals surface area contributed by atoms with Crippen LogP contribution in [0, 0.1) is 35.0 Å². The van der Waals surface area contributed by atoms with Gasteiger partial charge in [0, 0.05) is 31.6 Å². The van der Waals surface area contributed by atoms with Crippen molar-refractivity contribution in [3.05, 3.63) is 35.6 Å². The Morgan fingerprint density at radius 1 is 1.07 bits per heavy atom. The Bertz CT molecular complexity index is 761. The van der Waals surface area contributed by atoms with Gasteiger partial charge in [0.25, 0.3) is 0 Å². The molecule has 0 radical (unpaired) electrons. The van der Waals surface area contributed by atoms with Crippen LogP contribution in [0.2, 0.25) is 0 Å². The van der Waals surface area contributed by atoms with Crippen molar-refractivity contribution in [1.82, 2.24) is 0 Å². The largest absolute Gasteiger partial charge is 0.458 e. The molecular weight excluding hydrogens is 352 g/mol. The third kappa shape index (κ3) is 3.25. The quantitative estimate of drug-likeness (QED) is 0.499. The number of fused-ring (bicyclic) bond motifs is 5. The predicted octanol–water partition coefficient (Wildman–Crippen LogP) is 4.96. The molecule has 0 N–H and O–H groups in total. The van der Waals surface area contributed by atoms with Crippen LogP contribution in [0.15, 0.2) is 35.6 Å². The average molecular weight is 385 g/mol. The summed E-state index contributed by atoms with van der Waals surface area (Å²) in [6.07, 6.45) is 14.1. The van der Waals surface area contributed by atoms with Gasteiger partial charge < -0.3 is 9.47 Å². The maximum Gasteiger partial charge on any atom is 0.307 e. The van der Waals surface area contributed by atoms with E-state index >= 15 is 0 Å². The molecule has 0 aromatic heterocycles. The van der Waals surface area contributed by atoms with Gasteiger partial charge in [-0.3, -0.25) is 9.59 Å². The first-order valence-corrected chi connectivity index (χ1v) is 10.7. The zero-order valence-corrected chi connectivity index (χ0v) is 17.4. The topological polar surface area (TPSA) is 52.6 Å². The van der Waals surface area contributed by atoms with Crippen LogP contribution in [0.1, 0.15) is 59.8 Å². The predicted molar refractivity (Wildman–Crippen MR) is 107 cm³/mol. The van der Waals surface area contributed by atoms with Crippen molar-refractivity contribution < 1.29 is 19.1 Å². The van der Waals surface area contributed by atoms with Crippen molar-refractivity contribution in [2.24, 2.45) is 35.0 Å². The highest BCUT2D eigenvalue weighted by Gasteiger charge is 2.52. The highest BCUT2D eigenvalue weighted by molar-refractivity contribution is 5.67. The summed E-state index contributed by atoms with van der Waals surface area (Å²) >= 11 is 0. The lowest BCUT2D eigenvalue weighted by Crippen LogP contribution is -2.42. The van der Waals surface area contributed by atoms with Gasteiger partial charge in [-0.15, -0.1) is 0 Å². The molecule has 0 amide bonds. The zero-order valence-electron chi connectivity index (χ0n) is 17.4. The first-order chi connectivity index (χ1) is 13.3. The molecular formula is C24H32O4. The van der Waals surface area contributed by atoms with E-state index in [9.17, 15) is 9.59 Å². The minimum atomic E-state index is -0.214. The smallest absolute Gasteiger partial charge is 0.307 e. The van der Waals surface area contributed by atoms with Gasteiger partial charge in [0.2, 0.25) is 0 Å². The second kappa shape index (κ2) is 7.20. The van der Waals surface area contributed by atoms with Crippen molar-refractivity contribution in [1.29, 1.82) is 0 Å². The van der Waals surface area contributed by atoms with Crippen LogP contribution in [0.3, 0.4) is 0 Å². The highest BCUT2D eigenvalue weighted by atomic mass is 16.5. The van der Waals surface area contributed by atoms with Crippen LogP contribution in [0.5, 0.6) is 0 Å². The molecule has 0 spiro atoms. The standard InChI is InChI=1S/C24H32O4/c1-14-5-9-21-19(20-8-10-22(23(14)20)28-16(3)26)7-6-17-13-18(27-15(2)25)11-12-24(17,21)4/h6,10-12,14,18-21,23H,5,7-9,13H2,1-4H3/t14-,18?,19?,20?,21?,23?,24+/m1/s1. The fraction of sp³-hybridized carbons (Fsp3) is 0.667. The highest BCUT2D eigenvalue weighted by Crippen LogP contribution is 2.59. The molecule has 4 aliphatic carbocycles. The Hall–Kier alpha value is -1.84. The maximum atomic E-state index is 11.6. The molecule has 0 heterocycles. The second-order valence-electron chi connectivity index (χ2n) is 9.41. The fourth-order valence-electron chi connectivity index (χ4n) is 6.54. The van der Waals surface area contributed by atoms with Crippen LogP contribution in [-0.2, 0) is 19.1 Å². The van der Waals surface area contributed by atoms with Crippen molar-refractivity contribution in [3.8, 4) is 0 Å². The molecule has 5 unspecified atom stereocenters. The van der Waals surface area contributed by atoms with E-state index in [1.807, 2.05) is 0 Å². The van der Waals surface area contributed by atoms with Gasteiger partial charge in [-0.05, 0) is 61.5 Å². The molecule has 28 heavy (non-hydrogen) atoms. The Morgan fingerprint density at radius 2 is 1.82 bits per heavy atom. The molecule has 4 heteroatoms. The van der Waals surface area contributed by atoms with Crippen LogP contribution in [0.4, 0.5) is 0 Å². The summed E-state index contributed by atoms with van der Waals surface area (Å²) < 4.78 is 11.1. The monoisotopic (exact) mass is 384 g/mol. The summed E-state index contributed by atoms with van der Waals surface area (Å²) in [4.78, 5) is 23.0. The third-order valence-corrected chi connectivity index (χ3v) is 7.75. The van der Waals surface area contributed by atoms with E-state index in [4.69, 9.17) is 9.47 Å². The third-order valence-electron chi connectivity index (χ3n) is 7.75. The van der Waals surface area contributed by atoms with E-state index in [0.717, 1.165) is 31.4 Å². The van der Waals surface area contributed by atoms with E-state index in [2.05, 4.69) is 38.2 Å². The number of allylic oxidation sites excluding steroid dienone is 4. The Kier molecular flexibility index (Phi) is 5.01. The average Bonchev–Trinajstić information content (AvgIpc) is 2.95. The maximum absolute atomic E-state index is 11.6. The van der Waals surface area contributed by atoms with Crippen LogP contribution < -0.4 is 0 Å². The normalized spacial score (nSPS) is 41.6. The van der Waals surface area contributed by atoms with E-state index in [0.29, 0.717) is 29.6 Å². The first-order valence-electron chi connectivity index (χ1n) is 10.7. The van der Waals surface area contributed by atoms with Crippen LogP contribution in [-0.4, -0.2) is 18.0 Å². The lowest BCUT2D eigenvalue weighted by molar-refractivity contribution is -0.144. The van der Waals surface area contributed by atoms with E-state index in [1.165, 1.54) is 25.8 Å². The fourth-order valence-corrected chi connectivity index (χ4v) is 6.54. The van der Waals surface area contributed by atoms with Gasteiger partial charge >= 0.3 is 11.9 Å². The number of ether oxygens (including phenoxy) is 2. The van der Waals surface area contributed by atoms with Gasteiger partial charge in [-0.25, -0.2) is 0 Å². The molecule has 0 aliphatic heterocycles. The number of carbonyl (C=O) groups is 2. The Labute approximate surface area is 168 Å². The Balaban J connectivity index is 1.61. The summed E-state index contributed by atoms with van der Waals surface area (Å²) in [5, 5.41) is 0. The van der Waals surface area contributed by atoms with Crippen molar-refractivity contribution in [2.45, 2.75) is 65.9 Å². The van der Waals surface area contributed by atoms with Crippen molar-refractivity contribution >= 4 is 11.9 Å². The molecule has 0 saturated heterocycles. The van der Waals surface area contributed by atoms with Gasteiger partial charge in [-0.2, -0.15) is 0 Å². The molecule has 1 fully saturated rings. The zero-order chi connectivity index (χ0) is 20.1. The number of esters is 2. The van der Waals surface area contributed by atoms with E-state index in [1.54, 1.807) is 0 Å². The van der Waals surface area contributed by atoms with E-state index in [-0.39, 0.29) is 23.5 Å². The summed E-state index contributed by atoms with van der Waals surface area (Å²) in [6.45, 7) is 7.67. The van der Waals surface area contributed by atoms with Crippen molar-refractivity contribution in [3.63, 3.8) is 0 Å². The molecule has 4 nitrogen and oxygen atoms in total. The van der Waals surface area contributed by atoms with Crippen molar-refractivity contribution in [2.75, 3.05) is 0 Å². The molecule has 152 valence electrons. The molecule has 4 aliphatic rings.